The van der Waals surface area contributed by atoms with E-state index in [1.165, 1.54) is 16.7 Å². The van der Waals surface area contributed by atoms with E-state index < -0.39 is 6.10 Å². The minimum Gasteiger partial charge on any atom is -0.491 e. The summed E-state index contributed by atoms with van der Waals surface area (Å²) in [6.45, 7) is 12.6. The number of rotatable bonds is 8. The fraction of sp³-hybridized carbons (Fsp3) is 0.500. The number of ether oxygens (including phenoxy) is 1. The Kier molecular flexibility index (Phi) is 7.49. The fourth-order valence-electron chi connectivity index (χ4n) is 3.90. The number of hydrogen-bond donors (Lipinski definition) is 1. The molecule has 152 valence electrons. The first-order chi connectivity index (χ1) is 13.5. The molecule has 0 radical (unpaired) electrons. The molecule has 1 saturated heterocycles. The van der Waals surface area contributed by atoms with Crippen LogP contribution in [-0.2, 0) is 6.54 Å². The van der Waals surface area contributed by atoms with Gasteiger partial charge in [0.2, 0.25) is 0 Å². The molecule has 1 unspecified atom stereocenters. The lowest BCUT2D eigenvalue weighted by atomic mass is 9.98. The maximum atomic E-state index is 10.4. The van der Waals surface area contributed by atoms with Crippen LogP contribution in [0.15, 0.2) is 48.5 Å². The molecule has 0 aromatic heterocycles. The van der Waals surface area contributed by atoms with Gasteiger partial charge >= 0.3 is 0 Å². The predicted molar refractivity (Wildman–Crippen MR) is 115 cm³/mol. The third kappa shape index (κ3) is 6.06. The lowest BCUT2D eigenvalue weighted by Crippen LogP contribution is -2.48. The number of aliphatic hydroxyl groups is 1. The van der Waals surface area contributed by atoms with Gasteiger partial charge in [-0.05, 0) is 41.7 Å². The smallest absolute Gasteiger partial charge is 0.119 e. The highest BCUT2D eigenvalue weighted by Crippen LogP contribution is 2.23. The van der Waals surface area contributed by atoms with Gasteiger partial charge in [-0.3, -0.25) is 9.80 Å². The molecule has 2 aromatic carbocycles. The first-order valence-corrected chi connectivity index (χ1v) is 10.4. The molecule has 1 aliphatic rings. The van der Waals surface area contributed by atoms with Crippen molar-refractivity contribution in [3.8, 4) is 5.75 Å². The molecule has 1 atom stereocenters. The normalized spacial score (nSPS) is 17.0. The zero-order valence-electron chi connectivity index (χ0n) is 17.5. The minimum absolute atomic E-state index is 0.338. The summed E-state index contributed by atoms with van der Waals surface area (Å²) in [6, 6.07) is 16.8. The van der Waals surface area contributed by atoms with E-state index in [0.717, 1.165) is 38.5 Å². The van der Waals surface area contributed by atoms with Crippen LogP contribution < -0.4 is 4.74 Å². The first-order valence-electron chi connectivity index (χ1n) is 10.4. The van der Waals surface area contributed by atoms with Gasteiger partial charge in [0.15, 0.2) is 0 Å². The second kappa shape index (κ2) is 10.1. The third-order valence-electron chi connectivity index (χ3n) is 5.49. The zero-order chi connectivity index (χ0) is 19.9. The molecule has 1 heterocycles. The largest absolute Gasteiger partial charge is 0.491 e. The number of piperazine rings is 1. The topological polar surface area (TPSA) is 35.9 Å². The van der Waals surface area contributed by atoms with Crippen LogP contribution in [0.2, 0.25) is 0 Å². The molecule has 28 heavy (non-hydrogen) atoms. The minimum atomic E-state index is -0.467. The Morgan fingerprint density at radius 3 is 2.29 bits per heavy atom. The Balaban J connectivity index is 1.39. The molecule has 4 nitrogen and oxygen atoms in total. The van der Waals surface area contributed by atoms with Crippen LogP contribution in [0.3, 0.4) is 0 Å². The molecule has 3 rings (SSSR count). The lowest BCUT2D eigenvalue weighted by Gasteiger charge is -2.35. The highest BCUT2D eigenvalue weighted by atomic mass is 16.5. The van der Waals surface area contributed by atoms with Gasteiger partial charge in [-0.25, -0.2) is 0 Å². The van der Waals surface area contributed by atoms with Crippen molar-refractivity contribution in [1.82, 2.24) is 9.80 Å². The molecule has 0 spiro atoms. The number of β-amino-alcohol motifs (C(OH)–C–C–N with tert-alkyl or cyclic N) is 1. The van der Waals surface area contributed by atoms with Crippen LogP contribution in [0.5, 0.6) is 5.75 Å². The molecule has 0 saturated carbocycles. The summed E-state index contributed by atoms with van der Waals surface area (Å²) in [5, 5.41) is 10.4. The van der Waals surface area contributed by atoms with Gasteiger partial charge in [0.25, 0.3) is 0 Å². The molecule has 1 aliphatic heterocycles. The summed E-state index contributed by atoms with van der Waals surface area (Å²) in [4.78, 5) is 4.82. The molecule has 0 aliphatic carbocycles. The molecular weight excluding hydrogens is 348 g/mol. The number of hydrogen-bond acceptors (Lipinski definition) is 4. The van der Waals surface area contributed by atoms with E-state index in [4.69, 9.17) is 4.74 Å². The van der Waals surface area contributed by atoms with Gasteiger partial charge in [-0.15, -0.1) is 0 Å². The van der Waals surface area contributed by atoms with Crippen LogP contribution in [0, 0.1) is 6.92 Å². The van der Waals surface area contributed by atoms with E-state index in [-0.39, 0.29) is 0 Å². The van der Waals surface area contributed by atoms with Crippen molar-refractivity contribution >= 4 is 0 Å². The Morgan fingerprint density at radius 2 is 1.64 bits per heavy atom. The fourth-order valence-corrected chi connectivity index (χ4v) is 3.90. The van der Waals surface area contributed by atoms with E-state index in [2.05, 4.69) is 73.0 Å². The van der Waals surface area contributed by atoms with Gasteiger partial charge in [-0.1, -0.05) is 50.2 Å². The van der Waals surface area contributed by atoms with E-state index in [0.29, 0.717) is 19.1 Å². The number of nitrogens with zero attached hydrogens (tertiary/aromatic N) is 2. The van der Waals surface area contributed by atoms with Crippen molar-refractivity contribution in [3.05, 3.63) is 65.2 Å². The molecule has 4 heteroatoms. The molecule has 2 aromatic rings. The standard InChI is InChI=1S/C24H34N2O2/c1-19(2)24-10-9-23(15-20(24)3)28-18-22(27)17-26-13-11-25(12-14-26)16-21-7-5-4-6-8-21/h4-10,15,19,22,27H,11-14,16-18H2,1-3H3. The summed E-state index contributed by atoms with van der Waals surface area (Å²) in [5.74, 6) is 1.36. The molecule has 1 fully saturated rings. The van der Waals surface area contributed by atoms with Crippen LogP contribution in [0.25, 0.3) is 0 Å². The summed E-state index contributed by atoms with van der Waals surface area (Å²) in [5.41, 5.74) is 3.96. The highest BCUT2D eigenvalue weighted by molar-refractivity contribution is 5.36. The van der Waals surface area contributed by atoms with E-state index in [1.54, 1.807) is 0 Å². The molecule has 0 amide bonds. The van der Waals surface area contributed by atoms with Crippen LogP contribution in [0.1, 0.15) is 36.5 Å². The maximum absolute atomic E-state index is 10.4. The SMILES string of the molecule is Cc1cc(OCC(O)CN2CCN(Cc3ccccc3)CC2)ccc1C(C)C. The van der Waals surface area contributed by atoms with Crippen LogP contribution in [-0.4, -0.2) is 60.3 Å². The Labute approximate surface area is 169 Å². The van der Waals surface area contributed by atoms with Gasteiger partial charge < -0.3 is 9.84 Å². The van der Waals surface area contributed by atoms with Gasteiger partial charge in [-0.2, -0.15) is 0 Å². The Bertz CT molecular complexity index is 725. The number of aliphatic hydroxyl groups excluding tert-OH is 1. The van der Waals surface area contributed by atoms with Crippen molar-refractivity contribution in [2.75, 3.05) is 39.3 Å². The second-order valence-corrected chi connectivity index (χ2v) is 8.20. The lowest BCUT2D eigenvalue weighted by molar-refractivity contribution is 0.0446. The van der Waals surface area contributed by atoms with Gasteiger partial charge in [0.1, 0.15) is 18.5 Å². The predicted octanol–water partition coefficient (Wildman–Crippen LogP) is 3.68. The zero-order valence-corrected chi connectivity index (χ0v) is 17.5. The monoisotopic (exact) mass is 382 g/mol. The number of benzene rings is 2. The van der Waals surface area contributed by atoms with Crippen molar-refractivity contribution < 1.29 is 9.84 Å². The van der Waals surface area contributed by atoms with Crippen LogP contribution >= 0.6 is 0 Å². The van der Waals surface area contributed by atoms with Crippen molar-refractivity contribution in [2.45, 2.75) is 39.3 Å². The first kappa shape index (κ1) is 20.8. The highest BCUT2D eigenvalue weighted by Gasteiger charge is 2.19. The van der Waals surface area contributed by atoms with Gasteiger partial charge in [0.05, 0.1) is 0 Å². The van der Waals surface area contributed by atoms with E-state index in [9.17, 15) is 5.11 Å². The average Bonchev–Trinajstić information content (AvgIpc) is 2.68. The van der Waals surface area contributed by atoms with Gasteiger partial charge in [0, 0.05) is 39.3 Å². The van der Waals surface area contributed by atoms with Crippen molar-refractivity contribution in [1.29, 1.82) is 0 Å². The molecule has 1 N–H and O–H groups in total. The molecule has 0 bridgehead atoms. The van der Waals surface area contributed by atoms with Crippen molar-refractivity contribution in [2.24, 2.45) is 0 Å². The summed E-state index contributed by atoms with van der Waals surface area (Å²) >= 11 is 0. The maximum Gasteiger partial charge on any atom is 0.119 e. The van der Waals surface area contributed by atoms with E-state index >= 15 is 0 Å². The molecular formula is C24H34N2O2. The summed E-state index contributed by atoms with van der Waals surface area (Å²) < 4.78 is 5.84. The third-order valence-corrected chi connectivity index (χ3v) is 5.49. The second-order valence-electron chi connectivity index (χ2n) is 8.20. The average molecular weight is 383 g/mol. The Morgan fingerprint density at radius 1 is 0.964 bits per heavy atom. The number of aryl methyl sites for hydroxylation is 1. The quantitative estimate of drug-likeness (QED) is 0.756. The Hall–Kier alpha value is -1.88. The van der Waals surface area contributed by atoms with Crippen molar-refractivity contribution in [3.63, 3.8) is 0 Å². The summed E-state index contributed by atoms with van der Waals surface area (Å²) in [6.07, 6.45) is -0.467. The van der Waals surface area contributed by atoms with Crippen LogP contribution in [0.4, 0.5) is 0 Å². The summed E-state index contributed by atoms with van der Waals surface area (Å²) in [7, 11) is 0. The van der Waals surface area contributed by atoms with E-state index in [1.807, 2.05) is 6.07 Å².